The lowest BCUT2D eigenvalue weighted by Crippen LogP contribution is -2.21. The van der Waals surface area contributed by atoms with Gasteiger partial charge in [0.1, 0.15) is 0 Å². The zero-order chi connectivity index (χ0) is 6.85. The molecule has 1 aliphatic rings. The van der Waals surface area contributed by atoms with Crippen LogP contribution in [0.1, 0.15) is 13.3 Å². The zero-order valence-electron chi connectivity index (χ0n) is 6.15. The van der Waals surface area contributed by atoms with Crippen LogP contribution in [0.25, 0.3) is 0 Å². The van der Waals surface area contributed by atoms with Crippen molar-refractivity contribution < 1.29 is 0 Å². The fourth-order valence-corrected chi connectivity index (χ4v) is 0.998. The Balaban J connectivity index is 2.65. The van der Waals surface area contributed by atoms with E-state index in [1.165, 1.54) is 11.3 Å². The summed E-state index contributed by atoms with van der Waals surface area (Å²) in [5.41, 5.74) is 2.67. The highest BCUT2D eigenvalue weighted by atomic mass is 15.1. The highest BCUT2D eigenvalue weighted by Gasteiger charge is 2.05. The van der Waals surface area contributed by atoms with E-state index in [0.29, 0.717) is 0 Å². The van der Waals surface area contributed by atoms with Gasteiger partial charge in [-0.2, -0.15) is 0 Å². The minimum atomic E-state index is 1.03. The average Bonchev–Trinajstić information content (AvgIpc) is 1.80. The van der Waals surface area contributed by atoms with E-state index in [-0.39, 0.29) is 0 Å². The standard InChI is InChI=1S/C8H13N/c1-7-4-5-8(2)9(3)6-7/h4H,2,5-6H2,1,3H3. The van der Waals surface area contributed by atoms with Crippen LogP contribution >= 0.6 is 0 Å². The molecule has 0 N–H and O–H groups in total. The number of rotatable bonds is 0. The van der Waals surface area contributed by atoms with Crippen LogP contribution in [0.5, 0.6) is 0 Å². The molecule has 0 aliphatic carbocycles. The molecule has 0 amide bonds. The van der Waals surface area contributed by atoms with Crippen LogP contribution in [0.3, 0.4) is 0 Å². The molecular weight excluding hydrogens is 110 g/mol. The smallest absolute Gasteiger partial charge is 0.0380 e. The third-order valence-corrected chi connectivity index (χ3v) is 1.71. The van der Waals surface area contributed by atoms with Gasteiger partial charge in [-0.1, -0.05) is 18.2 Å². The van der Waals surface area contributed by atoms with E-state index < -0.39 is 0 Å². The first kappa shape index (κ1) is 6.40. The van der Waals surface area contributed by atoms with Crippen molar-refractivity contribution in [2.24, 2.45) is 0 Å². The molecule has 0 fully saturated rings. The molecule has 0 spiro atoms. The molecule has 0 aromatic rings. The molecule has 1 rings (SSSR count). The Kier molecular flexibility index (Phi) is 1.60. The Labute approximate surface area is 56.7 Å². The molecule has 0 aromatic heterocycles. The lowest BCUT2D eigenvalue weighted by Gasteiger charge is -2.25. The van der Waals surface area contributed by atoms with E-state index in [9.17, 15) is 0 Å². The quantitative estimate of drug-likeness (QED) is 0.444. The summed E-state index contributed by atoms with van der Waals surface area (Å²) < 4.78 is 0. The lowest BCUT2D eigenvalue weighted by atomic mass is 10.1. The van der Waals surface area contributed by atoms with Crippen molar-refractivity contribution in [1.82, 2.24) is 4.90 Å². The van der Waals surface area contributed by atoms with Crippen molar-refractivity contribution in [2.75, 3.05) is 13.6 Å². The third-order valence-electron chi connectivity index (χ3n) is 1.71. The topological polar surface area (TPSA) is 3.24 Å². The Hall–Kier alpha value is -0.720. The molecule has 1 aliphatic heterocycles. The second-order valence-electron chi connectivity index (χ2n) is 2.68. The molecule has 0 unspecified atom stereocenters. The van der Waals surface area contributed by atoms with Gasteiger partial charge in [0, 0.05) is 25.7 Å². The molecule has 1 heteroatoms. The maximum atomic E-state index is 3.91. The predicted molar refractivity (Wildman–Crippen MR) is 40.1 cm³/mol. The van der Waals surface area contributed by atoms with E-state index in [2.05, 4.69) is 31.5 Å². The molecule has 0 radical (unpaired) electrons. The summed E-state index contributed by atoms with van der Waals surface area (Å²) >= 11 is 0. The van der Waals surface area contributed by atoms with Crippen molar-refractivity contribution in [3.63, 3.8) is 0 Å². The van der Waals surface area contributed by atoms with Crippen molar-refractivity contribution in [3.05, 3.63) is 23.9 Å². The van der Waals surface area contributed by atoms with Crippen molar-refractivity contribution in [2.45, 2.75) is 13.3 Å². The van der Waals surface area contributed by atoms with E-state index >= 15 is 0 Å². The summed E-state index contributed by atoms with van der Waals surface area (Å²) in [4.78, 5) is 2.19. The van der Waals surface area contributed by atoms with Crippen LogP contribution in [-0.4, -0.2) is 18.5 Å². The van der Waals surface area contributed by atoms with Gasteiger partial charge in [-0.15, -0.1) is 0 Å². The van der Waals surface area contributed by atoms with Crippen LogP contribution in [0.4, 0.5) is 0 Å². The van der Waals surface area contributed by atoms with Gasteiger partial charge in [-0.25, -0.2) is 0 Å². The predicted octanol–water partition coefficient (Wildman–Crippen LogP) is 1.78. The van der Waals surface area contributed by atoms with Gasteiger partial charge in [-0.3, -0.25) is 0 Å². The maximum Gasteiger partial charge on any atom is 0.0380 e. The summed E-state index contributed by atoms with van der Waals surface area (Å²) in [6.45, 7) is 7.12. The van der Waals surface area contributed by atoms with E-state index in [1.54, 1.807) is 0 Å². The minimum absolute atomic E-state index is 1.03. The Morgan fingerprint density at radius 2 is 2.33 bits per heavy atom. The maximum absolute atomic E-state index is 3.91. The van der Waals surface area contributed by atoms with Gasteiger partial charge < -0.3 is 4.90 Å². The lowest BCUT2D eigenvalue weighted by molar-refractivity contribution is 0.432. The fourth-order valence-electron chi connectivity index (χ4n) is 0.998. The van der Waals surface area contributed by atoms with E-state index in [4.69, 9.17) is 0 Å². The molecule has 1 nitrogen and oxygen atoms in total. The van der Waals surface area contributed by atoms with Gasteiger partial charge >= 0.3 is 0 Å². The number of hydrogen-bond donors (Lipinski definition) is 0. The van der Waals surface area contributed by atoms with Crippen LogP contribution in [0, 0.1) is 0 Å². The molecule has 0 aromatic carbocycles. The molecule has 0 atom stereocenters. The van der Waals surface area contributed by atoms with Crippen LogP contribution in [0.2, 0.25) is 0 Å². The molecule has 0 saturated carbocycles. The summed E-state index contributed by atoms with van der Waals surface area (Å²) in [7, 11) is 2.08. The second kappa shape index (κ2) is 2.26. The first-order valence-corrected chi connectivity index (χ1v) is 3.24. The number of likely N-dealkylation sites (N-methyl/N-ethyl adjacent to an activating group) is 1. The largest absolute Gasteiger partial charge is 0.374 e. The van der Waals surface area contributed by atoms with E-state index in [0.717, 1.165) is 13.0 Å². The first-order chi connectivity index (χ1) is 4.20. The van der Waals surface area contributed by atoms with Crippen LogP contribution < -0.4 is 0 Å². The van der Waals surface area contributed by atoms with Gasteiger partial charge in [0.2, 0.25) is 0 Å². The monoisotopic (exact) mass is 123 g/mol. The normalized spacial score (nSPS) is 20.0. The molecule has 0 bridgehead atoms. The molecular formula is C8H13N. The highest BCUT2D eigenvalue weighted by molar-refractivity contribution is 5.14. The summed E-state index contributed by atoms with van der Waals surface area (Å²) in [6.07, 6.45) is 3.27. The molecule has 0 saturated heterocycles. The summed E-state index contributed by atoms with van der Waals surface area (Å²) in [5.74, 6) is 0. The minimum Gasteiger partial charge on any atom is -0.374 e. The Bertz CT molecular complexity index is 156. The number of nitrogens with zero attached hydrogens (tertiary/aromatic N) is 1. The third kappa shape index (κ3) is 1.35. The Morgan fingerprint density at radius 1 is 1.67 bits per heavy atom. The molecule has 1 heterocycles. The van der Waals surface area contributed by atoms with Gasteiger partial charge in [0.25, 0.3) is 0 Å². The van der Waals surface area contributed by atoms with Crippen molar-refractivity contribution in [3.8, 4) is 0 Å². The SMILES string of the molecule is C=C1CC=C(C)CN1C. The Morgan fingerprint density at radius 3 is 2.78 bits per heavy atom. The van der Waals surface area contributed by atoms with Gasteiger partial charge in [0.05, 0.1) is 0 Å². The van der Waals surface area contributed by atoms with Gasteiger partial charge in [-0.05, 0) is 6.92 Å². The second-order valence-corrected chi connectivity index (χ2v) is 2.68. The van der Waals surface area contributed by atoms with Crippen molar-refractivity contribution >= 4 is 0 Å². The summed E-state index contributed by atoms with van der Waals surface area (Å²) in [6, 6.07) is 0. The summed E-state index contributed by atoms with van der Waals surface area (Å²) in [5, 5.41) is 0. The molecule has 9 heavy (non-hydrogen) atoms. The van der Waals surface area contributed by atoms with Crippen molar-refractivity contribution in [1.29, 1.82) is 0 Å². The van der Waals surface area contributed by atoms with E-state index in [1.807, 2.05) is 0 Å². The number of allylic oxidation sites excluding steroid dienone is 1. The van der Waals surface area contributed by atoms with Crippen LogP contribution in [-0.2, 0) is 0 Å². The van der Waals surface area contributed by atoms with Gasteiger partial charge in [0.15, 0.2) is 0 Å². The average molecular weight is 123 g/mol. The number of hydrogen-bond acceptors (Lipinski definition) is 1. The zero-order valence-corrected chi connectivity index (χ0v) is 6.15. The first-order valence-electron chi connectivity index (χ1n) is 3.24. The highest BCUT2D eigenvalue weighted by Crippen LogP contribution is 2.14. The van der Waals surface area contributed by atoms with Crippen LogP contribution in [0.15, 0.2) is 23.9 Å². The molecule has 50 valence electrons. The fraction of sp³-hybridized carbons (Fsp3) is 0.500.